The topological polar surface area (TPSA) is 70.9 Å². The van der Waals surface area contributed by atoms with E-state index in [9.17, 15) is 14.0 Å². The van der Waals surface area contributed by atoms with Gasteiger partial charge in [0.15, 0.2) is 5.69 Å². The van der Waals surface area contributed by atoms with E-state index in [4.69, 9.17) is 16.3 Å². The van der Waals surface area contributed by atoms with Crippen LogP contribution in [0.3, 0.4) is 0 Å². The maximum Gasteiger partial charge on any atom is 0.274 e. The number of ether oxygens (including phenoxy) is 1. The van der Waals surface area contributed by atoms with Crippen molar-refractivity contribution in [2.24, 2.45) is 5.92 Å². The minimum Gasteiger partial charge on any atom is -0.378 e. The molecule has 0 aliphatic carbocycles. The summed E-state index contributed by atoms with van der Waals surface area (Å²) < 4.78 is 22.0. The minimum atomic E-state index is -0.458. The summed E-state index contributed by atoms with van der Waals surface area (Å²) in [5, 5.41) is 0.317. The number of hydrogen-bond acceptors (Lipinski definition) is 5. The summed E-state index contributed by atoms with van der Waals surface area (Å²) in [5.74, 6) is -0.0598. The second-order valence-corrected chi connectivity index (χ2v) is 9.68. The van der Waals surface area contributed by atoms with Gasteiger partial charge in [-0.25, -0.2) is 9.37 Å². The fourth-order valence-corrected chi connectivity index (χ4v) is 5.22. The number of nitrogens with zero attached hydrogens (tertiary/aromatic N) is 5. The molecule has 4 heterocycles. The number of rotatable bonds is 3. The number of amides is 2. The molecule has 0 saturated carbocycles. The molecule has 0 radical (unpaired) electrons. The molecule has 2 aromatic rings. The van der Waals surface area contributed by atoms with Crippen LogP contribution < -0.4 is 0 Å². The van der Waals surface area contributed by atoms with Gasteiger partial charge in [0, 0.05) is 56.8 Å². The lowest BCUT2D eigenvalue weighted by Crippen LogP contribution is -2.47. The standard InChI is InChI=1S/C24H29ClFN5O3/c1-28-8-9-31-20(15-28)21(27-22(31)18-3-2-17(25)14-19(18)26)24(33)29-6-4-16(5-7-29)23(32)30-10-12-34-13-11-30/h2-3,14,16H,4-13,15H2,1H3. The van der Waals surface area contributed by atoms with Crippen LogP contribution in [0.5, 0.6) is 0 Å². The summed E-state index contributed by atoms with van der Waals surface area (Å²) in [6.45, 7) is 5.42. The first-order chi connectivity index (χ1) is 16.4. The van der Waals surface area contributed by atoms with Gasteiger partial charge >= 0.3 is 0 Å². The number of morpholine rings is 1. The highest BCUT2D eigenvalue weighted by Crippen LogP contribution is 2.31. The SMILES string of the molecule is CN1CCn2c(-c3ccc(Cl)cc3F)nc(C(=O)N3CCC(C(=O)N4CCOCC4)CC3)c2C1. The van der Waals surface area contributed by atoms with Gasteiger partial charge in [-0.2, -0.15) is 0 Å². The van der Waals surface area contributed by atoms with E-state index in [1.54, 1.807) is 17.0 Å². The zero-order valence-corrected chi connectivity index (χ0v) is 20.1. The molecule has 182 valence electrons. The second kappa shape index (κ2) is 9.64. The molecule has 2 fully saturated rings. The van der Waals surface area contributed by atoms with Crippen molar-refractivity contribution in [1.29, 1.82) is 0 Å². The van der Waals surface area contributed by atoms with E-state index in [1.165, 1.54) is 6.07 Å². The van der Waals surface area contributed by atoms with Crippen LogP contribution in [0.2, 0.25) is 5.02 Å². The van der Waals surface area contributed by atoms with Crippen molar-refractivity contribution in [3.8, 4) is 11.4 Å². The highest BCUT2D eigenvalue weighted by atomic mass is 35.5. The number of fused-ring (bicyclic) bond motifs is 1. The maximum atomic E-state index is 14.7. The molecule has 3 aliphatic rings. The average Bonchev–Trinajstić information content (AvgIpc) is 3.22. The van der Waals surface area contributed by atoms with Crippen molar-refractivity contribution in [2.75, 3.05) is 53.0 Å². The van der Waals surface area contributed by atoms with Crippen LogP contribution in [0.4, 0.5) is 4.39 Å². The van der Waals surface area contributed by atoms with Crippen molar-refractivity contribution in [3.63, 3.8) is 0 Å². The Labute approximate surface area is 203 Å². The van der Waals surface area contributed by atoms with Crippen LogP contribution in [0.1, 0.15) is 29.0 Å². The molecular weight excluding hydrogens is 461 g/mol. The van der Waals surface area contributed by atoms with E-state index < -0.39 is 5.82 Å². The third-order valence-corrected chi connectivity index (χ3v) is 7.26. The largest absolute Gasteiger partial charge is 0.378 e. The Balaban J connectivity index is 1.36. The Hall–Kier alpha value is -2.49. The lowest BCUT2D eigenvalue weighted by atomic mass is 9.94. The quantitative estimate of drug-likeness (QED) is 0.662. The molecule has 1 aromatic carbocycles. The summed E-state index contributed by atoms with van der Waals surface area (Å²) in [6.07, 6.45) is 1.27. The molecule has 0 unspecified atom stereocenters. The van der Waals surface area contributed by atoms with Crippen LogP contribution in [-0.4, -0.2) is 89.1 Å². The highest BCUT2D eigenvalue weighted by molar-refractivity contribution is 6.30. The molecule has 0 atom stereocenters. The number of piperidine rings is 1. The zero-order chi connectivity index (χ0) is 23.8. The highest BCUT2D eigenvalue weighted by Gasteiger charge is 2.34. The van der Waals surface area contributed by atoms with Gasteiger partial charge in [0.2, 0.25) is 5.91 Å². The lowest BCUT2D eigenvalue weighted by Gasteiger charge is -2.35. The number of benzene rings is 1. The molecule has 1 aromatic heterocycles. The van der Waals surface area contributed by atoms with Gasteiger partial charge in [0.05, 0.1) is 24.5 Å². The van der Waals surface area contributed by atoms with Gasteiger partial charge in [-0.1, -0.05) is 11.6 Å². The Kier molecular flexibility index (Phi) is 6.59. The van der Waals surface area contributed by atoms with Crippen LogP contribution in [-0.2, 0) is 22.6 Å². The molecule has 5 rings (SSSR count). The van der Waals surface area contributed by atoms with Crippen molar-refractivity contribution in [1.82, 2.24) is 24.3 Å². The number of halogens is 2. The summed E-state index contributed by atoms with van der Waals surface area (Å²) in [4.78, 5) is 36.8. The monoisotopic (exact) mass is 489 g/mol. The zero-order valence-electron chi connectivity index (χ0n) is 19.3. The first-order valence-electron chi connectivity index (χ1n) is 11.8. The Morgan fingerprint density at radius 3 is 2.50 bits per heavy atom. The molecule has 3 aliphatic heterocycles. The Bertz CT molecular complexity index is 1090. The number of likely N-dealkylation sites (tertiary alicyclic amines) is 1. The van der Waals surface area contributed by atoms with E-state index >= 15 is 0 Å². The lowest BCUT2D eigenvalue weighted by molar-refractivity contribution is -0.141. The Morgan fingerprint density at radius 2 is 1.79 bits per heavy atom. The molecule has 2 amide bonds. The van der Waals surface area contributed by atoms with E-state index in [2.05, 4.69) is 9.88 Å². The summed E-state index contributed by atoms with van der Waals surface area (Å²) in [7, 11) is 2.00. The molecule has 0 spiro atoms. The summed E-state index contributed by atoms with van der Waals surface area (Å²) in [6, 6.07) is 4.52. The van der Waals surface area contributed by atoms with E-state index in [0.717, 1.165) is 12.2 Å². The third-order valence-electron chi connectivity index (χ3n) is 7.03. The number of likely N-dealkylation sites (N-methyl/N-ethyl adjacent to an activating group) is 1. The molecule has 0 bridgehead atoms. The van der Waals surface area contributed by atoms with Gasteiger partial charge < -0.3 is 19.1 Å². The maximum absolute atomic E-state index is 14.7. The average molecular weight is 490 g/mol. The second-order valence-electron chi connectivity index (χ2n) is 9.25. The normalized spacial score (nSPS) is 19.9. The smallest absolute Gasteiger partial charge is 0.274 e. The van der Waals surface area contributed by atoms with E-state index in [-0.39, 0.29) is 17.7 Å². The van der Waals surface area contributed by atoms with Gasteiger partial charge in [0.1, 0.15) is 11.6 Å². The predicted octanol–water partition coefficient (Wildman–Crippen LogP) is 2.50. The molecular formula is C24H29ClFN5O3. The van der Waals surface area contributed by atoms with Gasteiger partial charge in [-0.05, 0) is 38.1 Å². The number of hydrogen-bond donors (Lipinski definition) is 0. The Morgan fingerprint density at radius 1 is 1.06 bits per heavy atom. The van der Waals surface area contributed by atoms with Crippen molar-refractivity contribution < 1.29 is 18.7 Å². The van der Waals surface area contributed by atoms with Crippen molar-refractivity contribution in [3.05, 3.63) is 40.4 Å². The number of carbonyl (C=O) groups is 2. The molecule has 0 N–H and O–H groups in total. The van der Waals surface area contributed by atoms with Crippen LogP contribution in [0.15, 0.2) is 18.2 Å². The van der Waals surface area contributed by atoms with Crippen LogP contribution >= 0.6 is 11.6 Å². The van der Waals surface area contributed by atoms with E-state index in [1.807, 2.05) is 16.5 Å². The number of carbonyl (C=O) groups excluding carboxylic acids is 2. The van der Waals surface area contributed by atoms with Crippen LogP contribution in [0.25, 0.3) is 11.4 Å². The van der Waals surface area contributed by atoms with Crippen molar-refractivity contribution >= 4 is 23.4 Å². The fourth-order valence-electron chi connectivity index (χ4n) is 5.06. The van der Waals surface area contributed by atoms with Gasteiger partial charge in [-0.3, -0.25) is 14.5 Å². The first kappa shape index (κ1) is 23.3. The van der Waals surface area contributed by atoms with Gasteiger partial charge in [0.25, 0.3) is 5.91 Å². The fraction of sp³-hybridized carbons (Fsp3) is 0.542. The minimum absolute atomic E-state index is 0.0667. The molecule has 34 heavy (non-hydrogen) atoms. The summed E-state index contributed by atoms with van der Waals surface area (Å²) >= 11 is 5.94. The molecule has 2 saturated heterocycles. The first-order valence-corrected chi connectivity index (χ1v) is 12.2. The number of aromatic nitrogens is 2. The predicted molar refractivity (Wildman–Crippen MR) is 125 cm³/mol. The summed E-state index contributed by atoms with van der Waals surface area (Å²) in [5.41, 5.74) is 1.51. The van der Waals surface area contributed by atoms with Crippen LogP contribution in [0, 0.1) is 11.7 Å². The van der Waals surface area contributed by atoms with Crippen molar-refractivity contribution in [2.45, 2.75) is 25.9 Å². The third kappa shape index (κ3) is 4.44. The van der Waals surface area contributed by atoms with Gasteiger partial charge in [-0.15, -0.1) is 0 Å². The van der Waals surface area contributed by atoms with E-state index in [0.29, 0.717) is 87.4 Å². The molecule has 8 nitrogen and oxygen atoms in total. The molecule has 10 heteroatoms. The number of imidazole rings is 1.